The molecule has 0 aromatic carbocycles. The van der Waals surface area contributed by atoms with Crippen LogP contribution in [0.2, 0.25) is 0 Å². The highest BCUT2D eigenvalue weighted by Gasteiger charge is 2.27. The highest BCUT2D eigenvalue weighted by Crippen LogP contribution is 2.31. The number of nitrogens with zero attached hydrogens (tertiary/aromatic N) is 1. The topological polar surface area (TPSA) is 34.1 Å². The molecule has 0 spiro atoms. The molecule has 1 heterocycles. The fourth-order valence-corrected chi connectivity index (χ4v) is 3.16. The van der Waals surface area contributed by atoms with E-state index >= 15 is 0 Å². The Hall–Kier alpha value is -0.450. The number of thiazole rings is 1. The first-order valence-corrected chi connectivity index (χ1v) is 7.74. The number of aryl methyl sites for hydroxylation is 1. The number of nitrogens with one attached hydrogen (secondary N) is 1. The maximum atomic E-state index is 5.79. The number of hydrogen-bond donors (Lipinski definition) is 1. The predicted octanol–water partition coefficient (Wildman–Crippen LogP) is 3.23. The molecule has 3 nitrogen and oxygen atoms in total. The molecule has 1 aromatic heterocycles. The first-order valence-electron chi connectivity index (χ1n) is 6.93. The van der Waals surface area contributed by atoms with Crippen molar-refractivity contribution in [3.05, 3.63) is 15.6 Å². The molecule has 18 heavy (non-hydrogen) atoms. The van der Waals surface area contributed by atoms with E-state index in [9.17, 15) is 0 Å². The first kappa shape index (κ1) is 14.0. The van der Waals surface area contributed by atoms with E-state index in [-0.39, 0.29) is 5.60 Å². The van der Waals surface area contributed by atoms with Crippen LogP contribution in [0.4, 0.5) is 0 Å². The summed E-state index contributed by atoms with van der Waals surface area (Å²) >= 11 is 1.80. The lowest BCUT2D eigenvalue weighted by atomic mass is 10.1. The van der Waals surface area contributed by atoms with E-state index in [1.54, 1.807) is 11.3 Å². The molecule has 102 valence electrons. The minimum absolute atomic E-state index is 0.263. The Morgan fingerprint density at radius 1 is 1.39 bits per heavy atom. The van der Waals surface area contributed by atoms with Crippen molar-refractivity contribution in [2.24, 2.45) is 0 Å². The van der Waals surface area contributed by atoms with E-state index in [4.69, 9.17) is 9.72 Å². The smallest absolute Gasteiger partial charge is 0.125 e. The van der Waals surface area contributed by atoms with Gasteiger partial charge in [0, 0.05) is 24.1 Å². The second-order valence-electron chi connectivity index (χ2n) is 5.34. The van der Waals surface area contributed by atoms with Crippen molar-refractivity contribution < 1.29 is 4.74 Å². The van der Waals surface area contributed by atoms with Gasteiger partial charge in [-0.3, -0.25) is 0 Å². The van der Waals surface area contributed by atoms with Gasteiger partial charge in [-0.15, -0.1) is 11.3 Å². The van der Waals surface area contributed by atoms with Gasteiger partial charge in [0.2, 0.25) is 0 Å². The van der Waals surface area contributed by atoms with Gasteiger partial charge in [-0.05, 0) is 40.0 Å². The Labute approximate surface area is 114 Å². The Kier molecular flexibility index (Phi) is 4.41. The molecule has 1 aliphatic rings. The summed E-state index contributed by atoms with van der Waals surface area (Å²) in [5, 5.41) is 4.68. The highest BCUT2D eigenvalue weighted by molar-refractivity contribution is 7.11. The zero-order valence-electron chi connectivity index (χ0n) is 11.9. The third kappa shape index (κ3) is 3.31. The summed E-state index contributed by atoms with van der Waals surface area (Å²) in [7, 11) is 0. The summed E-state index contributed by atoms with van der Waals surface area (Å²) in [6, 6.07) is 0.750. The number of ether oxygens (including phenoxy) is 1. The van der Waals surface area contributed by atoms with Crippen LogP contribution in [-0.4, -0.2) is 17.6 Å². The van der Waals surface area contributed by atoms with Crippen LogP contribution in [-0.2, 0) is 23.3 Å². The monoisotopic (exact) mass is 268 g/mol. The Morgan fingerprint density at radius 2 is 2.11 bits per heavy atom. The predicted molar refractivity (Wildman–Crippen MR) is 76.0 cm³/mol. The standard InChI is InChI=1S/C14H24N2OS/c1-5-11-12(9-15-10-7-8-10)18-13(16-11)14(3,4)17-6-2/h10,15H,5-9H2,1-4H3. The van der Waals surface area contributed by atoms with Crippen molar-refractivity contribution in [3.63, 3.8) is 0 Å². The van der Waals surface area contributed by atoms with E-state index in [2.05, 4.69) is 26.1 Å². The summed E-state index contributed by atoms with van der Waals surface area (Å²) in [5.41, 5.74) is 0.970. The van der Waals surface area contributed by atoms with Crippen LogP contribution in [0.3, 0.4) is 0 Å². The van der Waals surface area contributed by atoms with Gasteiger partial charge in [-0.2, -0.15) is 0 Å². The summed E-state index contributed by atoms with van der Waals surface area (Å²) in [5.74, 6) is 0. The van der Waals surface area contributed by atoms with E-state index in [1.807, 2.05) is 6.92 Å². The quantitative estimate of drug-likeness (QED) is 0.824. The maximum absolute atomic E-state index is 5.79. The molecule has 0 bridgehead atoms. The summed E-state index contributed by atoms with van der Waals surface area (Å²) < 4.78 is 5.79. The summed E-state index contributed by atoms with van der Waals surface area (Å²) in [6.07, 6.45) is 3.66. The van der Waals surface area contributed by atoms with Crippen LogP contribution in [0, 0.1) is 0 Å². The SMILES string of the molecule is CCOC(C)(C)c1nc(CC)c(CNC2CC2)s1. The second kappa shape index (κ2) is 5.68. The van der Waals surface area contributed by atoms with Gasteiger partial charge in [0.15, 0.2) is 0 Å². The van der Waals surface area contributed by atoms with Crippen molar-refractivity contribution in [2.45, 2.75) is 65.1 Å². The van der Waals surface area contributed by atoms with Crippen LogP contribution in [0.25, 0.3) is 0 Å². The van der Waals surface area contributed by atoms with Gasteiger partial charge >= 0.3 is 0 Å². The zero-order valence-corrected chi connectivity index (χ0v) is 12.7. The molecule has 1 N–H and O–H groups in total. The lowest BCUT2D eigenvalue weighted by Gasteiger charge is -2.21. The van der Waals surface area contributed by atoms with Gasteiger partial charge < -0.3 is 10.1 Å². The molecule has 0 amide bonds. The van der Waals surface area contributed by atoms with Crippen molar-refractivity contribution >= 4 is 11.3 Å². The second-order valence-corrected chi connectivity index (χ2v) is 6.42. The molecule has 0 atom stereocenters. The molecular formula is C14H24N2OS. The normalized spacial score (nSPS) is 16.2. The number of aromatic nitrogens is 1. The van der Waals surface area contributed by atoms with Crippen LogP contribution in [0.15, 0.2) is 0 Å². The zero-order chi connectivity index (χ0) is 13.2. The van der Waals surface area contributed by atoms with Crippen molar-refractivity contribution in [3.8, 4) is 0 Å². The van der Waals surface area contributed by atoms with Crippen LogP contribution in [0.1, 0.15) is 56.1 Å². The summed E-state index contributed by atoms with van der Waals surface area (Å²) in [6.45, 7) is 10.1. The number of hydrogen-bond acceptors (Lipinski definition) is 4. The lowest BCUT2D eigenvalue weighted by Crippen LogP contribution is -2.21. The maximum Gasteiger partial charge on any atom is 0.125 e. The van der Waals surface area contributed by atoms with Crippen LogP contribution in [0.5, 0.6) is 0 Å². The van der Waals surface area contributed by atoms with Gasteiger partial charge in [0.25, 0.3) is 0 Å². The molecule has 1 aromatic rings. The molecule has 1 aliphatic carbocycles. The van der Waals surface area contributed by atoms with Crippen LogP contribution < -0.4 is 5.32 Å². The minimum Gasteiger partial charge on any atom is -0.369 e. The molecule has 1 saturated carbocycles. The molecule has 0 unspecified atom stereocenters. The molecule has 2 rings (SSSR count). The lowest BCUT2D eigenvalue weighted by molar-refractivity contribution is -0.0142. The average molecular weight is 268 g/mol. The fourth-order valence-electron chi connectivity index (χ4n) is 2.00. The molecule has 0 radical (unpaired) electrons. The van der Waals surface area contributed by atoms with Gasteiger partial charge in [-0.1, -0.05) is 6.92 Å². The van der Waals surface area contributed by atoms with Gasteiger partial charge in [0.1, 0.15) is 10.6 Å². The third-order valence-corrected chi connectivity index (χ3v) is 4.66. The van der Waals surface area contributed by atoms with E-state index < -0.39 is 0 Å². The molecular weight excluding hydrogens is 244 g/mol. The average Bonchev–Trinajstić information content (AvgIpc) is 3.05. The van der Waals surface area contributed by atoms with Crippen LogP contribution >= 0.6 is 11.3 Å². The van der Waals surface area contributed by atoms with E-state index in [1.165, 1.54) is 23.4 Å². The Bertz CT molecular complexity index is 396. The van der Waals surface area contributed by atoms with Crippen molar-refractivity contribution in [1.29, 1.82) is 0 Å². The molecule has 0 aliphatic heterocycles. The fraction of sp³-hybridized carbons (Fsp3) is 0.786. The first-order chi connectivity index (χ1) is 8.56. The highest BCUT2D eigenvalue weighted by atomic mass is 32.1. The molecule has 4 heteroatoms. The third-order valence-electron chi connectivity index (χ3n) is 3.26. The molecule has 1 fully saturated rings. The Balaban J connectivity index is 2.11. The molecule has 0 saturated heterocycles. The van der Waals surface area contributed by atoms with Gasteiger partial charge in [0.05, 0.1) is 5.69 Å². The number of rotatable bonds is 7. The van der Waals surface area contributed by atoms with E-state index in [0.29, 0.717) is 0 Å². The van der Waals surface area contributed by atoms with Gasteiger partial charge in [-0.25, -0.2) is 4.98 Å². The van der Waals surface area contributed by atoms with Crippen molar-refractivity contribution in [1.82, 2.24) is 10.3 Å². The summed E-state index contributed by atoms with van der Waals surface area (Å²) in [4.78, 5) is 6.15. The largest absolute Gasteiger partial charge is 0.369 e. The Morgan fingerprint density at radius 3 is 2.67 bits per heavy atom. The minimum atomic E-state index is -0.263. The van der Waals surface area contributed by atoms with E-state index in [0.717, 1.165) is 30.6 Å². The van der Waals surface area contributed by atoms with Crippen molar-refractivity contribution in [2.75, 3.05) is 6.61 Å².